The van der Waals surface area contributed by atoms with Crippen LogP contribution in [0.3, 0.4) is 0 Å². The molecule has 0 saturated carbocycles. The fraction of sp³-hybridized carbons (Fsp3) is 0.345. The van der Waals surface area contributed by atoms with Crippen molar-refractivity contribution in [1.29, 1.82) is 0 Å². The summed E-state index contributed by atoms with van der Waals surface area (Å²) in [6.07, 6.45) is 2.13. The molecule has 34 heavy (non-hydrogen) atoms. The average Bonchev–Trinajstić information content (AvgIpc) is 3.31. The maximum absolute atomic E-state index is 14.2. The number of piperidine rings is 1. The number of aryl methyl sites for hydroxylation is 1. The minimum atomic E-state index is -1.12. The quantitative estimate of drug-likeness (QED) is 0.533. The average molecular weight is 458 g/mol. The van der Waals surface area contributed by atoms with Crippen molar-refractivity contribution in [3.8, 4) is 11.1 Å². The second kappa shape index (κ2) is 7.95. The minimum absolute atomic E-state index is 0.0197. The van der Waals surface area contributed by atoms with Gasteiger partial charge in [0.1, 0.15) is 12.4 Å². The zero-order chi connectivity index (χ0) is 23.4. The predicted molar refractivity (Wildman–Crippen MR) is 128 cm³/mol. The van der Waals surface area contributed by atoms with E-state index in [1.54, 1.807) is 19.1 Å². The van der Waals surface area contributed by atoms with Gasteiger partial charge in [-0.1, -0.05) is 60.7 Å². The van der Waals surface area contributed by atoms with Crippen molar-refractivity contribution in [3.63, 3.8) is 0 Å². The number of fused-ring (bicyclic) bond motifs is 5. The van der Waals surface area contributed by atoms with Gasteiger partial charge in [0.05, 0.1) is 5.60 Å². The number of benzene rings is 3. The molecule has 3 aliphatic rings. The fourth-order valence-corrected chi connectivity index (χ4v) is 6.31. The highest BCUT2D eigenvalue weighted by Gasteiger charge is 2.51. The van der Waals surface area contributed by atoms with E-state index in [0.29, 0.717) is 24.0 Å². The molecule has 2 aliphatic heterocycles. The largest absolute Gasteiger partial charge is 0.448 e. The van der Waals surface area contributed by atoms with Gasteiger partial charge in [-0.05, 0) is 59.2 Å². The van der Waals surface area contributed by atoms with Crippen LogP contribution in [-0.4, -0.2) is 34.8 Å². The van der Waals surface area contributed by atoms with Crippen molar-refractivity contribution < 1.29 is 19.0 Å². The third kappa shape index (κ3) is 3.33. The Kier molecular flexibility index (Phi) is 4.99. The van der Waals surface area contributed by atoms with Crippen molar-refractivity contribution in [2.24, 2.45) is 0 Å². The Morgan fingerprint density at radius 2 is 1.59 bits per heavy atom. The number of hydrogen-bond donors (Lipinski definition) is 1. The van der Waals surface area contributed by atoms with E-state index in [9.17, 15) is 14.3 Å². The van der Waals surface area contributed by atoms with Crippen LogP contribution in [0.5, 0.6) is 0 Å². The number of ether oxygens (including phenoxy) is 1. The molecule has 0 radical (unpaired) electrons. The first kappa shape index (κ1) is 21.4. The minimum Gasteiger partial charge on any atom is -0.448 e. The van der Waals surface area contributed by atoms with Gasteiger partial charge in [0, 0.05) is 30.8 Å². The lowest BCUT2D eigenvalue weighted by Gasteiger charge is -2.43. The molecule has 0 spiro atoms. The predicted octanol–water partition coefficient (Wildman–Crippen LogP) is 5.90. The van der Waals surface area contributed by atoms with E-state index in [2.05, 4.69) is 24.3 Å². The molecule has 3 aromatic carbocycles. The van der Waals surface area contributed by atoms with Gasteiger partial charge in [0.2, 0.25) is 0 Å². The summed E-state index contributed by atoms with van der Waals surface area (Å²) < 4.78 is 20.1. The number of aliphatic hydroxyl groups is 1. The van der Waals surface area contributed by atoms with Crippen LogP contribution in [0.1, 0.15) is 53.9 Å². The molecule has 2 atom stereocenters. The summed E-state index contributed by atoms with van der Waals surface area (Å²) in [5.41, 5.74) is 4.81. The number of nitrogens with zero attached hydrogens (tertiary/aromatic N) is 1. The topological polar surface area (TPSA) is 49.8 Å². The highest BCUT2D eigenvalue weighted by atomic mass is 19.1. The second-order valence-electron chi connectivity index (χ2n) is 10.0. The number of hydrogen-bond acceptors (Lipinski definition) is 3. The Morgan fingerprint density at radius 1 is 1.00 bits per heavy atom. The van der Waals surface area contributed by atoms with Crippen LogP contribution < -0.4 is 0 Å². The molecule has 4 nitrogen and oxygen atoms in total. The van der Waals surface area contributed by atoms with E-state index in [4.69, 9.17) is 4.74 Å². The Morgan fingerprint density at radius 3 is 2.18 bits per heavy atom. The van der Waals surface area contributed by atoms with Crippen molar-refractivity contribution in [1.82, 2.24) is 4.90 Å². The molecule has 2 heterocycles. The number of carbonyl (C=O) groups is 1. The van der Waals surface area contributed by atoms with Gasteiger partial charge in [-0.25, -0.2) is 9.18 Å². The standard InChI is InChI=1S/C29H28FNO3/c1-18-10-11-19(14-27(18)30)29(33)15-20-12-13-21(16-29)31(20)28(32)34-17-26-24-8-4-2-6-22(24)23-7-3-5-9-25(23)26/h2-11,14,20-21,26,33H,12-13,15-17H2,1H3. The monoisotopic (exact) mass is 457 g/mol. The smallest absolute Gasteiger partial charge is 0.410 e. The third-order valence-electron chi connectivity index (χ3n) is 8.02. The first-order valence-corrected chi connectivity index (χ1v) is 12.1. The van der Waals surface area contributed by atoms with E-state index < -0.39 is 5.60 Å². The van der Waals surface area contributed by atoms with Crippen LogP contribution in [0, 0.1) is 12.7 Å². The molecule has 2 bridgehead atoms. The number of amides is 1. The Hall–Kier alpha value is -3.18. The Labute approximate surface area is 199 Å². The number of halogens is 1. The molecule has 1 N–H and O–H groups in total. The van der Waals surface area contributed by atoms with E-state index in [1.807, 2.05) is 29.2 Å². The van der Waals surface area contributed by atoms with Gasteiger partial charge in [-0.2, -0.15) is 0 Å². The van der Waals surface area contributed by atoms with Crippen LogP contribution in [0.25, 0.3) is 11.1 Å². The normalized spacial score (nSPS) is 25.2. The van der Waals surface area contributed by atoms with E-state index >= 15 is 0 Å². The van der Waals surface area contributed by atoms with E-state index in [-0.39, 0.29) is 36.5 Å². The molecular formula is C29H28FNO3. The van der Waals surface area contributed by atoms with Crippen LogP contribution >= 0.6 is 0 Å². The number of carbonyl (C=O) groups excluding carboxylic acids is 1. The summed E-state index contributed by atoms with van der Waals surface area (Å²) in [5.74, 6) is -0.288. The van der Waals surface area contributed by atoms with Crippen LogP contribution in [0.4, 0.5) is 9.18 Å². The van der Waals surface area contributed by atoms with Gasteiger partial charge < -0.3 is 14.7 Å². The van der Waals surface area contributed by atoms with Gasteiger partial charge in [0.15, 0.2) is 0 Å². The summed E-state index contributed by atoms with van der Waals surface area (Å²) in [4.78, 5) is 15.1. The lowest BCUT2D eigenvalue weighted by atomic mass is 9.80. The number of rotatable bonds is 3. The molecule has 174 valence electrons. The van der Waals surface area contributed by atoms with Crippen molar-refractivity contribution in [3.05, 3.63) is 94.8 Å². The summed E-state index contributed by atoms with van der Waals surface area (Å²) >= 11 is 0. The van der Waals surface area contributed by atoms with Crippen LogP contribution in [-0.2, 0) is 10.3 Å². The molecule has 2 saturated heterocycles. The highest BCUT2D eigenvalue weighted by molar-refractivity contribution is 5.79. The van der Waals surface area contributed by atoms with Crippen LogP contribution in [0.2, 0.25) is 0 Å². The van der Waals surface area contributed by atoms with Crippen molar-refractivity contribution >= 4 is 6.09 Å². The SMILES string of the molecule is Cc1ccc(C2(O)CC3CCC(C2)N3C(=O)OCC2c3ccccc3-c3ccccc32)cc1F. The lowest BCUT2D eigenvalue weighted by Crippen LogP contribution is -2.52. The molecule has 6 rings (SSSR count). The highest BCUT2D eigenvalue weighted by Crippen LogP contribution is 2.47. The molecular weight excluding hydrogens is 429 g/mol. The van der Waals surface area contributed by atoms with Crippen molar-refractivity contribution in [2.75, 3.05) is 6.61 Å². The summed E-state index contributed by atoms with van der Waals surface area (Å²) in [5, 5.41) is 11.4. The van der Waals surface area contributed by atoms with Gasteiger partial charge in [0.25, 0.3) is 0 Å². The zero-order valence-corrected chi connectivity index (χ0v) is 19.2. The molecule has 2 fully saturated rings. The maximum Gasteiger partial charge on any atom is 0.410 e. The molecule has 2 unspecified atom stereocenters. The van der Waals surface area contributed by atoms with E-state index in [0.717, 1.165) is 12.8 Å². The second-order valence-corrected chi connectivity index (χ2v) is 10.0. The van der Waals surface area contributed by atoms with Gasteiger partial charge in [-0.15, -0.1) is 0 Å². The first-order valence-electron chi connectivity index (χ1n) is 12.1. The first-order chi connectivity index (χ1) is 16.4. The lowest BCUT2D eigenvalue weighted by molar-refractivity contribution is -0.0533. The van der Waals surface area contributed by atoms with Crippen molar-refractivity contribution in [2.45, 2.75) is 56.2 Å². The van der Waals surface area contributed by atoms with Gasteiger partial charge in [-0.3, -0.25) is 0 Å². The Bertz CT molecular complexity index is 1210. The fourth-order valence-electron chi connectivity index (χ4n) is 6.31. The van der Waals surface area contributed by atoms with Crippen LogP contribution in [0.15, 0.2) is 66.7 Å². The summed E-state index contributed by atoms with van der Waals surface area (Å²) in [7, 11) is 0. The summed E-state index contributed by atoms with van der Waals surface area (Å²) in [6, 6.07) is 21.3. The molecule has 3 aromatic rings. The Balaban J connectivity index is 1.19. The van der Waals surface area contributed by atoms with E-state index in [1.165, 1.54) is 28.3 Å². The third-order valence-corrected chi connectivity index (χ3v) is 8.02. The molecule has 1 aliphatic carbocycles. The summed E-state index contributed by atoms with van der Waals surface area (Å²) in [6.45, 7) is 2.00. The molecule has 5 heteroatoms. The zero-order valence-electron chi connectivity index (χ0n) is 19.2. The maximum atomic E-state index is 14.2. The molecule has 0 aromatic heterocycles. The molecule has 1 amide bonds. The van der Waals surface area contributed by atoms with Gasteiger partial charge >= 0.3 is 6.09 Å².